The molecule has 0 aliphatic carbocycles. The number of hydrogen-bond acceptors (Lipinski definition) is 4. The van der Waals surface area contributed by atoms with Gasteiger partial charge < -0.3 is 0 Å². The molecule has 312 valence electrons. The number of rotatable bonds is 28. The van der Waals surface area contributed by atoms with Crippen LogP contribution in [0.25, 0.3) is 10.8 Å². The van der Waals surface area contributed by atoms with Crippen molar-refractivity contribution in [2.45, 2.75) is 182 Å². The molecule has 2 atom stereocenters. The topological polar surface area (TPSA) is 74.8 Å². The van der Waals surface area contributed by atoms with Crippen molar-refractivity contribution in [3.63, 3.8) is 0 Å². The summed E-state index contributed by atoms with van der Waals surface area (Å²) in [5, 5.41) is 0.762. The van der Waals surface area contributed by atoms with Gasteiger partial charge in [0.2, 0.25) is 0 Å². The lowest BCUT2D eigenvalue weighted by Crippen LogP contribution is -2.46. The normalized spacial score (nSPS) is 15.1. The van der Waals surface area contributed by atoms with Crippen LogP contribution in [0.1, 0.15) is 223 Å². The SMILES string of the molecule is CCCCCCCCC(CCCCCC)CN1C(=O)c2c(Br)c(Br)c3c4c(c(Br)c(Br)c(c24)C1=O)C(=O)N(CC(CCCCCC)CCCCCCCC)C3=O. The molecule has 2 aromatic rings. The van der Waals surface area contributed by atoms with E-state index in [-0.39, 0.29) is 35.5 Å². The number of nitrogens with zero attached hydrogens (tertiary/aromatic N) is 2. The molecule has 0 saturated carbocycles. The van der Waals surface area contributed by atoms with Crippen LogP contribution in [-0.4, -0.2) is 46.5 Å². The summed E-state index contributed by atoms with van der Waals surface area (Å²) in [5.41, 5.74) is 1.31. The number of hydrogen-bond donors (Lipinski definition) is 0. The number of carbonyl (C=O) groups excluding carboxylic acids is 4. The maximum atomic E-state index is 14.6. The zero-order valence-electron chi connectivity index (χ0n) is 34.6. The van der Waals surface area contributed by atoms with E-state index in [0.717, 1.165) is 89.9 Å². The van der Waals surface area contributed by atoms with Crippen LogP contribution in [0.3, 0.4) is 0 Å². The van der Waals surface area contributed by atoms with Crippen molar-refractivity contribution in [3.05, 3.63) is 40.1 Å². The van der Waals surface area contributed by atoms with Crippen molar-refractivity contribution in [2.24, 2.45) is 11.8 Å². The number of carbonyl (C=O) groups is 4. The van der Waals surface area contributed by atoms with Crippen molar-refractivity contribution in [2.75, 3.05) is 13.1 Å². The van der Waals surface area contributed by atoms with E-state index in [1.165, 1.54) is 74.0 Å². The summed E-state index contributed by atoms with van der Waals surface area (Å²) >= 11 is 14.9. The lowest BCUT2D eigenvalue weighted by atomic mass is 9.84. The first-order valence-electron chi connectivity index (χ1n) is 22.1. The zero-order valence-corrected chi connectivity index (χ0v) is 40.9. The van der Waals surface area contributed by atoms with E-state index in [4.69, 9.17) is 0 Å². The molecule has 4 rings (SSSR count). The Morgan fingerprint density at radius 3 is 0.821 bits per heavy atom. The van der Waals surface area contributed by atoms with Gasteiger partial charge in [0.15, 0.2) is 0 Å². The second-order valence-electron chi connectivity index (χ2n) is 16.5. The van der Waals surface area contributed by atoms with E-state index in [0.29, 0.717) is 64.0 Å². The molecule has 2 aliphatic rings. The summed E-state index contributed by atoms with van der Waals surface area (Å²) in [6, 6.07) is 0. The first-order valence-corrected chi connectivity index (χ1v) is 25.3. The average Bonchev–Trinajstić information content (AvgIpc) is 3.18. The molecule has 10 heteroatoms. The Bertz CT molecular complexity index is 1470. The van der Waals surface area contributed by atoms with Crippen LogP contribution in [0.4, 0.5) is 0 Å². The molecule has 0 radical (unpaired) electrons. The van der Waals surface area contributed by atoms with E-state index in [9.17, 15) is 19.2 Å². The van der Waals surface area contributed by atoms with Gasteiger partial charge in [-0.3, -0.25) is 29.0 Å². The minimum absolute atomic E-state index is 0.202. The molecule has 2 aliphatic heterocycles. The van der Waals surface area contributed by atoms with Gasteiger partial charge >= 0.3 is 0 Å². The zero-order chi connectivity index (χ0) is 40.8. The van der Waals surface area contributed by atoms with Crippen LogP contribution in [0.2, 0.25) is 0 Å². The Kier molecular flexibility index (Phi) is 20.6. The quantitative estimate of drug-likeness (QED) is 0.0629. The maximum absolute atomic E-state index is 14.6. The maximum Gasteiger partial charge on any atom is 0.262 e. The van der Waals surface area contributed by atoms with Crippen molar-refractivity contribution < 1.29 is 19.2 Å². The van der Waals surface area contributed by atoms with Crippen molar-refractivity contribution in [1.82, 2.24) is 9.80 Å². The summed E-state index contributed by atoms with van der Waals surface area (Å²) in [6.07, 6.45) is 27.4. The standard InChI is InChI=1S/C46H66Br4N2O4/c1-5-9-13-17-19-23-27-31(25-21-15-11-7-3)29-51-43(53)35-33-34-37(41(49)39(35)47)45(55)52(46(56)38(34)42(50)40(48)36(33)44(51)54)30-32(26-22-16-12-8-4)28-24-20-18-14-10-6-2/h31-32H,5-30H2,1-4H3. The third-order valence-electron chi connectivity index (χ3n) is 12.1. The predicted octanol–water partition coefficient (Wildman–Crippen LogP) is 15.8. The van der Waals surface area contributed by atoms with Crippen molar-refractivity contribution in [1.29, 1.82) is 0 Å². The number of benzene rings is 2. The van der Waals surface area contributed by atoms with Gasteiger partial charge in [0.25, 0.3) is 23.6 Å². The van der Waals surface area contributed by atoms with Crippen LogP contribution >= 0.6 is 63.7 Å². The molecule has 0 fully saturated rings. The molecule has 0 aromatic heterocycles. The number of halogens is 4. The van der Waals surface area contributed by atoms with Crippen LogP contribution in [0.15, 0.2) is 17.9 Å². The number of unbranched alkanes of at least 4 members (excludes halogenated alkanes) is 16. The van der Waals surface area contributed by atoms with Gasteiger partial charge in [-0.1, -0.05) is 156 Å². The Balaban J connectivity index is 1.68. The molecule has 6 nitrogen and oxygen atoms in total. The molecule has 2 heterocycles. The van der Waals surface area contributed by atoms with E-state index in [1.54, 1.807) is 0 Å². The monoisotopic (exact) mass is 1030 g/mol. The van der Waals surface area contributed by atoms with Crippen LogP contribution in [0, 0.1) is 11.8 Å². The van der Waals surface area contributed by atoms with Gasteiger partial charge in [0, 0.05) is 41.8 Å². The van der Waals surface area contributed by atoms with Gasteiger partial charge in [0.05, 0.1) is 22.3 Å². The Morgan fingerprint density at radius 1 is 0.357 bits per heavy atom. The highest BCUT2D eigenvalue weighted by Gasteiger charge is 2.45. The second-order valence-corrected chi connectivity index (χ2v) is 19.7. The number of imide groups is 2. The Labute approximate surface area is 371 Å². The average molecular weight is 1030 g/mol. The van der Waals surface area contributed by atoms with Gasteiger partial charge in [-0.05, 0) is 101 Å². The fourth-order valence-corrected chi connectivity index (χ4v) is 11.1. The second kappa shape index (κ2) is 24.2. The Morgan fingerprint density at radius 2 is 0.571 bits per heavy atom. The van der Waals surface area contributed by atoms with Crippen LogP contribution < -0.4 is 0 Å². The highest BCUT2D eigenvalue weighted by Crippen LogP contribution is 2.51. The molecule has 0 spiro atoms. The summed E-state index contributed by atoms with van der Waals surface area (Å²) in [4.78, 5) is 61.3. The molecular formula is C46H66Br4N2O4. The van der Waals surface area contributed by atoms with E-state index < -0.39 is 0 Å². The summed E-state index contributed by atoms with van der Waals surface area (Å²) in [6.45, 7) is 9.57. The number of amides is 4. The molecule has 0 N–H and O–H groups in total. The van der Waals surface area contributed by atoms with Crippen molar-refractivity contribution >= 4 is 98.1 Å². The van der Waals surface area contributed by atoms with E-state index >= 15 is 0 Å². The van der Waals surface area contributed by atoms with Gasteiger partial charge in [0.1, 0.15) is 0 Å². The molecule has 2 aromatic carbocycles. The fraction of sp³-hybridized carbons (Fsp3) is 0.696. The smallest absolute Gasteiger partial charge is 0.262 e. The summed E-state index contributed by atoms with van der Waals surface area (Å²) < 4.78 is 1.80. The van der Waals surface area contributed by atoms with E-state index in [1.807, 2.05) is 0 Å². The first-order chi connectivity index (χ1) is 27.0. The molecule has 0 saturated heterocycles. The lowest BCUT2D eigenvalue weighted by molar-refractivity contribution is 0.0554. The Hall–Kier alpha value is -1.10. The summed E-state index contributed by atoms with van der Waals surface area (Å²) in [7, 11) is 0. The molecule has 4 amide bonds. The molecule has 2 unspecified atom stereocenters. The minimum Gasteiger partial charge on any atom is -0.274 e. The summed E-state index contributed by atoms with van der Waals surface area (Å²) in [5.74, 6) is -1.11. The highest BCUT2D eigenvalue weighted by atomic mass is 79.9. The van der Waals surface area contributed by atoms with Crippen LogP contribution in [0.5, 0.6) is 0 Å². The van der Waals surface area contributed by atoms with Gasteiger partial charge in [-0.2, -0.15) is 0 Å². The fourth-order valence-electron chi connectivity index (χ4n) is 8.80. The minimum atomic E-state index is -0.378. The molecule has 0 bridgehead atoms. The lowest BCUT2D eigenvalue weighted by Gasteiger charge is -2.36. The molecule has 56 heavy (non-hydrogen) atoms. The van der Waals surface area contributed by atoms with E-state index in [2.05, 4.69) is 91.4 Å². The van der Waals surface area contributed by atoms with Gasteiger partial charge in [-0.25, -0.2) is 0 Å². The third-order valence-corrected chi connectivity index (χ3v) is 16.3. The predicted molar refractivity (Wildman–Crippen MR) is 246 cm³/mol. The van der Waals surface area contributed by atoms with Crippen molar-refractivity contribution in [3.8, 4) is 0 Å². The largest absolute Gasteiger partial charge is 0.274 e. The molecular weight excluding hydrogens is 964 g/mol. The van der Waals surface area contributed by atoms with Gasteiger partial charge in [-0.15, -0.1) is 0 Å². The third kappa shape index (κ3) is 11.6. The first kappa shape index (κ1) is 47.6. The van der Waals surface area contributed by atoms with Crippen LogP contribution in [-0.2, 0) is 0 Å². The highest BCUT2D eigenvalue weighted by molar-refractivity contribution is 9.13.